The number of nitrogens with zero attached hydrogens (tertiary/aromatic N) is 2. The molecule has 2 aliphatic rings. The number of ketones is 1. The normalized spacial score (nSPS) is 24.9. The first-order valence-electron chi connectivity index (χ1n) is 8.55. The molecule has 0 bridgehead atoms. The first-order chi connectivity index (χ1) is 13.4. The van der Waals surface area contributed by atoms with E-state index in [9.17, 15) is 20.1 Å². The highest BCUT2D eigenvalue weighted by Gasteiger charge is 2.71. The molecule has 7 heteroatoms. The summed E-state index contributed by atoms with van der Waals surface area (Å²) < 4.78 is 21.8. The monoisotopic (exact) mass is 375 g/mol. The van der Waals surface area contributed by atoms with Gasteiger partial charge in [-0.15, -0.1) is 0 Å². The van der Waals surface area contributed by atoms with Crippen LogP contribution in [0.15, 0.2) is 42.5 Å². The topological polar surface area (TPSA) is 103 Å². The van der Waals surface area contributed by atoms with Crippen molar-refractivity contribution in [3.63, 3.8) is 0 Å². The third kappa shape index (κ3) is 1.93. The van der Waals surface area contributed by atoms with Gasteiger partial charge in [0.15, 0.2) is 11.6 Å². The average Bonchev–Trinajstić information content (AvgIpc) is 3.15. The van der Waals surface area contributed by atoms with E-state index in [0.29, 0.717) is 11.3 Å². The molecule has 2 aromatic rings. The molecule has 1 heterocycles. The second-order valence-corrected chi connectivity index (χ2v) is 6.83. The number of methoxy groups -OCH3 is 1. The third-order valence-corrected chi connectivity index (χ3v) is 5.63. The highest BCUT2D eigenvalue weighted by molar-refractivity contribution is 6.17. The number of alkyl halides is 1. The van der Waals surface area contributed by atoms with Crippen LogP contribution in [0, 0.1) is 28.6 Å². The van der Waals surface area contributed by atoms with Gasteiger partial charge in [-0.3, -0.25) is 9.59 Å². The molecule has 0 radical (unpaired) electrons. The molecular formula is C21H14FN3O3. The van der Waals surface area contributed by atoms with Crippen LogP contribution in [-0.4, -0.2) is 24.5 Å². The summed E-state index contributed by atoms with van der Waals surface area (Å²) in [5.41, 5.74) is -4.12. The largest absolute Gasteiger partial charge is 0.497 e. The quantitative estimate of drug-likeness (QED) is 0.888. The standard InChI is InChI=1S/C21H14FN3O3/c1-28-14-6-7-16-17(8-14)25-19(27)21(16,13(10-23)11-24)20(22)9-12-4-2-3-5-15(12)18(20)26/h2-8,13H,9H2,1H3,(H,25,27)/t20?,21-/m1/s1. The van der Waals surface area contributed by atoms with Gasteiger partial charge in [0, 0.05) is 23.7 Å². The zero-order valence-corrected chi connectivity index (χ0v) is 14.8. The van der Waals surface area contributed by atoms with Crippen LogP contribution in [0.4, 0.5) is 10.1 Å². The van der Waals surface area contributed by atoms with Crippen LogP contribution >= 0.6 is 0 Å². The molecule has 0 saturated carbocycles. The van der Waals surface area contributed by atoms with Crippen LogP contribution < -0.4 is 10.1 Å². The van der Waals surface area contributed by atoms with Gasteiger partial charge in [-0.1, -0.05) is 30.3 Å². The Labute approximate surface area is 160 Å². The summed E-state index contributed by atoms with van der Waals surface area (Å²) in [5.74, 6) is -3.07. The number of amides is 1. The van der Waals surface area contributed by atoms with E-state index in [1.165, 1.54) is 31.4 Å². The molecule has 2 aromatic carbocycles. The van der Waals surface area contributed by atoms with Crippen molar-refractivity contribution < 1.29 is 18.7 Å². The van der Waals surface area contributed by atoms with Gasteiger partial charge in [-0.2, -0.15) is 10.5 Å². The summed E-state index contributed by atoms with van der Waals surface area (Å²) in [6, 6.07) is 14.3. The summed E-state index contributed by atoms with van der Waals surface area (Å²) in [6.07, 6.45) is -0.388. The van der Waals surface area contributed by atoms with Gasteiger partial charge in [0.25, 0.3) is 0 Å². The van der Waals surface area contributed by atoms with Crippen molar-refractivity contribution in [3.05, 3.63) is 59.2 Å². The maximum absolute atomic E-state index is 16.7. The minimum atomic E-state index is -2.77. The molecule has 0 saturated heterocycles. The van der Waals surface area contributed by atoms with Gasteiger partial charge in [-0.05, 0) is 17.2 Å². The number of anilines is 1. The zero-order chi connectivity index (χ0) is 20.1. The number of carbonyl (C=O) groups excluding carboxylic acids is 2. The van der Waals surface area contributed by atoms with Crippen molar-refractivity contribution in [2.75, 3.05) is 12.4 Å². The maximum atomic E-state index is 16.7. The van der Waals surface area contributed by atoms with Crippen molar-refractivity contribution in [1.29, 1.82) is 10.5 Å². The van der Waals surface area contributed by atoms with Gasteiger partial charge in [0.1, 0.15) is 11.2 Å². The van der Waals surface area contributed by atoms with Gasteiger partial charge in [0.2, 0.25) is 11.7 Å². The molecule has 4 rings (SSSR count). The molecule has 6 nitrogen and oxygen atoms in total. The smallest absolute Gasteiger partial charge is 0.241 e. The van der Waals surface area contributed by atoms with E-state index in [4.69, 9.17) is 4.74 Å². The van der Waals surface area contributed by atoms with Crippen LogP contribution in [0.5, 0.6) is 5.75 Å². The summed E-state index contributed by atoms with van der Waals surface area (Å²) in [4.78, 5) is 26.3. The van der Waals surface area contributed by atoms with Gasteiger partial charge >= 0.3 is 0 Å². The molecule has 2 atom stereocenters. The number of nitriles is 2. The second-order valence-electron chi connectivity index (χ2n) is 6.83. The summed E-state index contributed by atoms with van der Waals surface area (Å²) in [5, 5.41) is 21.8. The van der Waals surface area contributed by atoms with Crippen LogP contribution in [0.25, 0.3) is 0 Å². The Hall–Kier alpha value is -3.71. The van der Waals surface area contributed by atoms with Crippen molar-refractivity contribution >= 4 is 17.4 Å². The fraction of sp³-hybridized carbons (Fsp3) is 0.238. The molecule has 1 aliphatic heterocycles. The molecular weight excluding hydrogens is 361 g/mol. The second kappa shape index (κ2) is 5.90. The fourth-order valence-electron chi connectivity index (χ4n) is 4.34. The van der Waals surface area contributed by atoms with Crippen LogP contribution in [-0.2, 0) is 16.6 Å². The van der Waals surface area contributed by atoms with E-state index in [-0.39, 0.29) is 23.2 Å². The van der Waals surface area contributed by atoms with Crippen molar-refractivity contribution in [1.82, 2.24) is 0 Å². The van der Waals surface area contributed by atoms with E-state index in [2.05, 4.69) is 5.32 Å². The van der Waals surface area contributed by atoms with Crippen LogP contribution in [0.3, 0.4) is 0 Å². The van der Waals surface area contributed by atoms with Crippen LogP contribution in [0.2, 0.25) is 0 Å². The molecule has 1 unspecified atom stereocenters. The minimum Gasteiger partial charge on any atom is -0.497 e. The SMILES string of the molecule is COc1ccc2c(c1)NC(=O)[C@]2(C(C#N)C#N)C1(F)Cc2ccccc2C1=O. The van der Waals surface area contributed by atoms with Gasteiger partial charge < -0.3 is 10.1 Å². The summed E-state index contributed by atoms with van der Waals surface area (Å²) in [7, 11) is 1.44. The molecule has 1 amide bonds. The van der Waals surface area contributed by atoms with Crippen molar-refractivity contribution in [2.24, 2.45) is 5.92 Å². The number of hydrogen-bond acceptors (Lipinski definition) is 5. The molecule has 138 valence electrons. The highest BCUT2D eigenvalue weighted by atomic mass is 19.1. The molecule has 0 spiro atoms. The minimum absolute atomic E-state index is 0.107. The Morgan fingerprint density at radius 2 is 1.89 bits per heavy atom. The number of rotatable bonds is 3. The average molecular weight is 375 g/mol. The first kappa shape index (κ1) is 17.7. The van der Waals surface area contributed by atoms with Crippen molar-refractivity contribution in [2.45, 2.75) is 17.5 Å². The molecule has 0 fully saturated rings. The fourth-order valence-corrected chi connectivity index (χ4v) is 4.34. The number of ether oxygens (including phenoxy) is 1. The zero-order valence-electron chi connectivity index (χ0n) is 14.8. The number of carbonyl (C=O) groups is 2. The Balaban J connectivity index is 2.03. The van der Waals surface area contributed by atoms with Crippen LogP contribution in [0.1, 0.15) is 21.5 Å². The van der Waals surface area contributed by atoms with E-state index in [0.717, 1.165) is 0 Å². The van der Waals surface area contributed by atoms with E-state index >= 15 is 4.39 Å². The van der Waals surface area contributed by atoms with Gasteiger partial charge in [0.05, 0.1) is 19.2 Å². The lowest BCUT2D eigenvalue weighted by molar-refractivity contribution is -0.126. The third-order valence-electron chi connectivity index (χ3n) is 5.63. The maximum Gasteiger partial charge on any atom is 0.241 e. The predicted octanol–water partition coefficient (Wildman–Crippen LogP) is 2.70. The lowest BCUT2D eigenvalue weighted by Gasteiger charge is -2.38. The summed E-state index contributed by atoms with van der Waals surface area (Å²) >= 11 is 0. The molecule has 1 aliphatic carbocycles. The van der Waals surface area contributed by atoms with Crippen molar-refractivity contribution in [3.8, 4) is 17.9 Å². The summed E-state index contributed by atoms with van der Waals surface area (Å²) in [6.45, 7) is 0. The predicted molar refractivity (Wildman–Crippen MR) is 96.3 cm³/mol. The van der Waals surface area contributed by atoms with E-state index < -0.39 is 28.7 Å². The Bertz CT molecular complexity index is 1100. The number of benzene rings is 2. The Kier molecular flexibility index (Phi) is 3.73. The Morgan fingerprint density at radius 3 is 2.54 bits per heavy atom. The highest BCUT2D eigenvalue weighted by Crippen LogP contribution is 2.56. The number of fused-ring (bicyclic) bond motifs is 2. The molecule has 0 aromatic heterocycles. The number of halogens is 1. The molecule has 28 heavy (non-hydrogen) atoms. The van der Waals surface area contributed by atoms with E-state index in [1.54, 1.807) is 30.3 Å². The first-order valence-corrected chi connectivity index (χ1v) is 8.55. The number of Topliss-reactive ketones (excluding diaryl/α,β-unsaturated/α-hetero) is 1. The lowest BCUT2D eigenvalue weighted by Crippen LogP contribution is -2.60. The Morgan fingerprint density at radius 1 is 1.18 bits per heavy atom. The number of nitrogens with one attached hydrogen (secondary N) is 1. The lowest BCUT2D eigenvalue weighted by atomic mass is 9.60. The van der Waals surface area contributed by atoms with Gasteiger partial charge in [-0.25, -0.2) is 4.39 Å². The molecule has 1 N–H and O–H groups in total. The number of hydrogen-bond donors (Lipinski definition) is 1. The van der Waals surface area contributed by atoms with E-state index in [1.807, 2.05) is 0 Å².